The molecule has 0 amide bonds. The molecule has 1 aliphatic heterocycles. The molecule has 4 nitrogen and oxygen atoms in total. The maximum Gasteiger partial charge on any atom is 0.137 e. The van der Waals surface area contributed by atoms with Gasteiger partial charge in [-0.05, 0) is 58.2 Å². The van der Waals surface area contributed by atoms with E-state index in [0.29, 0.717) is 0 Å². The van der Waals surface area contributed by atoms with Crippen molar-refractivity contribution in [3.05, 3.63) is 18.3 Å². The first-order valence-corrected chi connectivity index (χ1v) is 7.48. The summed E-state index contributed by atoms with van der Waals surface area (Å²) >= 11 is 0. The second kappa shape index (κ2) is 6.44. The Morgan fingerprint density at radius 2 is 2.00 bits per heavy atom. The zero-order valence-corrected chi connectivity index (χ0v) is 13.1. The van der Waals surface area contributed by atoms with E-state index in [4.69, 9.17) is 4.74 Å². The molecule has 4 heteroatoms. The third-order valence-electron chi connectivity index (χ3n) is 3.82. The Morgan fingerprint density at radius 1 is 1.30 bits per heavy atom. The Labute approximate surface area is 122 Å². The van der Waals surface area contributed by atoms with Crippen molar-refractivity contribution in [2.24, 2.45) is 5.92 Å². The first-order chi connectivity index (χ1) is 9.48. The Morgan fingerprint density at radius 3 is 2.50 bits per heavy atom. The number of rotatable bonds is 4. The van der Waals surface area contributed by atoms with Crippen molar-refractivity contribution in [2.45, 2.75) is 39.2 Å². The van der Waals surface area contributed by atoms with Gasteiger partial charge in [0.15, 0.2) is 0 Å². The van der Waals surface area contributed by atoms with Gasteiger partial charge in [-0.2, -0.15) is 0 Å². The average molecular weight is 277 g/mol. The average Bonchev–Trinajstić information content (AvgIpc) is 2.45. The van der Waals surface area contributed by atoms with Crippen LogP contribution in [0.4, 0.5) is 5.82 Å². The van der Waals surface area contributed by atoms with Gasteiger partial charge < -0.3 is 15.0 Å². The number of pyridine rings is 1. The van der Waals surface area contributed by atoms with E-state index < -0.39 is 0 Å². The maximum absolute atomic E-state index is 5.15. The van der Waals surface area contributed by atoms with Crippen LogP contribution < -0.4 is 15.0 Å². The van der Waals surface area contributed by atoms with Gasteiger partial charge in [0, 0.05) is 18.6 Å². The normalized spacial score (nSPS) is 17.3. The molecule has 0 spiro atoms. The largest absolute Gasteiger partial charge is 0.495 e. The molecule has 112 valence electrons. The van der Waals surface area contributed by atoms with Crippen LogP contribution in [0.2, 0.25) is 0 Å². The summed E-state index contributed by atoms with van der Waals surface area (Å²) in [6.07, 6.45) is 4.26. The van der Waals surface area contributed by atoms with Crippen LogP contribution in [0, 0.1) is 5.92 Å². The highest BCUT2D eigenvalue weighted by molar-refractivity contribution is 5.41. The fourth-order valence-corrected chi connectivity index (χ4v) is 2.50. The van der Waals surface area contributed by atoms with Crippen LogP contribution >= 0.6 is 0 Å². The molecule has 1 aromatic heterocycles. The number of nitrogens with one attached hydrogen (secondary N) is 1. The molecule has 0 unspecified atom stereocenters. The van der Waals surface area contributed by atoms with Gasteiger partial charge in [0.2, 0.25) is 0 Å². The molecule has 0 aliphatic carbocycles. The summed E-state index contributed by atoms with van der Waals surface area (Å²) in [4.78, 5) is 6.84. The van der Waals surface area contributed by atoms with Gasteiger partial charge >= 0.3 is 0 Å². The van der Waals surface area contributed by atoms with Crippen molar-refractivity contribution in [3.63, 3.8) is 0 Å². The lowest BCUT2D eigenvalue weighted by atomic mass is 9.95. The van der Waals surface area contributed by atoms with Gasteiger partial charge in [0.25, 0.3) is 0 Å². The molecule has 20 heavy (non-hydrogen) atoms. The Bertz CT molecular complexity index is 403. The Hall–Kier alpha value is -1.29. The summed E-state index contributed by atoms with van der Waals surface area (Å²) in [5.74, 6) is 2.66. The molecule has 1 N–H and O–H groups in total. The van der Waals surface area contributed by atoms with Gasteiger partial charge in [-0.25, -0.2) is 4.98 Å². The molecule has 1 aliphatic rings. The molecule has 1 fully saturated rings. The highest BCUT2D eigenvalue weighted by Gasteiger charge is 2.21. The molecule has 2 heterocycles. The van der Waals surface area contributed by atoms with Gasteiger partial charge in [0.1, 0.15) is 11.6 Å². The van der Waals surface area contributed by atoms with Crippen LogP contribution in [-0.2, 0) is 0 Å². The molecular weight excluding hydrogens is 250 g/mol. The molecule has 0 aromatic carbocycles. The van der Waals surface area contributed by atoms with Crippen LogP contribution in [0.5, 0.6) is 5.75 Å². The fraction of sp³-hybridized carbons (Fsp3) is 0.688. The summed E-state index contributed by atoms with van der Waals surface area (Å²) in [6, 6.07) is 4.03. The molecule has 0 atom stereocenters. The monoisotopic (exact) mass is 277 g/mol. The van der Waals surface area contributed by atoms with Crippen molar-refractivity contribution < 1.29 is 4.74 Å². The second-order valence-corrected chi connectivity index (χ2v) is 6.62. The molecule has 1 saturated heterocycles. The predicted octanol–water partition coefficient (Wildman–Crippen LogP) is 2.69. The smallest absolute Gasteiger partial charge is 0.137 e. The molecule has 0 radical (unpaired) electrons. The fourth-order valence-electron chi connectivity index (χ4n) is 2.50. The number of methoxy groups -OCH3 is 1. The molecule has 0 bridgehead atoms. The zero-order valence-electron chi connectivity index (χ0n) is 13.1. The van der Waals surface area contributed by atoms with Crippen molar-refractivity contribution in [3.8, 4) is 5.75 Å². The summed E-state index contributed by atoms with van der Waals surface area (Å²) in [6.45, 7) is 9.98. The van der Waals surface area contributed by atoms with E-state index in [0.717, 1.165) is 37.1 Å². The molecule has 2 rings (SSSR count). The summed E-state index contributed by atoms with van der Waals surface area (Å²) in [5, 5.41) is 3.61. The van der Waals surface area contributed by atoms with E-state index in [2.05, 4.69) is 36.0 Å². The minimum absolute atomic E-state index is 0.217. The summed E-state index contributed by atoms with van der Waals surface area (Å²) in [7, 11) is 1.67. The minimum atomic E-state index is 0.217. The van der Waals surface area contributed by atoms with E-state index in [-0.39, 0.29) is 5.54 Å². The lowest BCUT2D eigenvalue weighted by Crippen LogP contribution is -2.43. The van der Waals surface area contributed by atoms with Crippen LogP contribution in [0.15, 0.2) is 18.3 Å². The highest BCUT2D eigenvalue weighted by Crippen LogP contribution is 2.23. The zero-order chi connectivity index (χ0) is 14.6. The number of ether oxygens (including phenoxy) is 1. The minimum Gasteiger partial charge on any atom is -0.495 e. The number of aromatic nitrogens is 1. The van der Waals surface area contributed by atoms with E-state index >= 15 is 0 Å². The van der Waals surface area contributed by atoms with Gasteiger partial charge in [-0.1, -0.05) is 0 Å². The highest BCUT2D eigenvalue weighted by atomic mass is 16.5. The molecular formula is C16H27N3O. The quantitative estimate of drug-likeness (QED) is 0.918. The topological polar surface area (TPSA) is 37.4 Å². The second-order valence-electron chi connectivity index (χ2n) is 6.62. The SMILES string of the molecule is COc1ccc(N2CCC(CNC(C)(C)C)CC2)nc1. The van der Waals surface area contributed by atoms with Crippen LogP contribution in [0.1, 0.15) is 33.6 Å². The van der Waals surface area contributed by atoms with E-state index in [9.17, 15) is 0 Å². The number of hydrogen-bond donors (Lipinski definition) is 1. The lowest BCUT2D eigenvalue weighted by Gasteiger charge is -2.34. The standard InChI is InChI=1S/C16H27N3O/c1-16(2,3)18-11-13-7-9-19(10-8-13)15-6-5-14(20-4)12-17-15/h5-6,12-13,18H,7-11H2,1-4H3. The van der Waals surface area contributed by atoms with Crippen molar-refractivity contribution in [1.29, 1.82) is 0 Å². The van der Waals surface area contributed by atoms with Crippen LogP contribution in [-0.4, -0.2) is 37.3 Å². The van der Waals surface area contributed by atoms with Crippen molar-refractivity contribution in [2.75, 3.05) is 31.6 Å². The van der Waals surface area contributed by atoms with E-state index in [1.54, 1.807) is 13.3 Å². The van der Waals surface area contributed by atoms with Crippen molar-refractivity contribution in [1.82, 2.24) is 10.3 Å². The van der Waals surface area contributed by atoms with Gasteiger partial charge in [-0.3, -0.25) is 0 Å². The summed E-state index contributed by atoms with van der Waals surface area (Å²) < 4.78 is 5.15. The Kier molecular flexibility index (Phi) is 4.86. The van der Waals surface area contributed by atoms with E-state index in [1.807, 2.05) is 12.1 Å². The van der Waals surface area contributed by atoms with Gasteiger partial charge in [-0.15, -0.1) is 0 Å². The molecule has 1 aromatic rings. The first kappa shape index (κ1) is 15.1. The molecule has 0 saturated carbocycles. The van der Waals surface area contributed by atoms with Gasteiger partial charge in [0.05, 0.1) is 13.3 Å². The Balaban J connectivity index is 1.81. The van der Waals surface area contributed by atoms with Crippen LogP contribution in [0.25, 0.3) is 0 Å². The third kappa shape index (κ3) is 4.37. The van der Waals surface area contributed by atoms with Crippen LogP contribution in [0.3, 0.4) is 0 Å². The number of hydrogen-bond acceptors (Lipinski definition) is 4. The number of anilines is 1. The third-order valence-corrected chi connectivity index (χ3v) is 3.82. The number of piperidine rings is 1. The van der Waals surface area contributed by atoms with Crippen molar-refractivity contribution >= 4 is 5.82 Å². The lowest BCUT2D eigenvalue weighted by molar-refractivity contribution is 0.328. The van der Waals surface area contributed by atoms with E-state index in [1.165, 1.54) is 12.8 Å². The first-order valence-electron chi connectivity index (χ1n) is 7.48. The maximum atomic E-state index is 5.15. The number of nitrogens with zero attached hydrogens (tertiary/aromatic N) is 2. The summed E-state index contributed by atoms with van der Waals surface area (Å²) in [5.41, 5.74) is 0.217. The predicted molar refractivity (Wildman–Crippen MR) is 83.5 cm³/mol.